The first-order valence-electron chi connectivity index (χ1n) is 20.8. The number of benzene rings is 10. The first-order chi connectivity index (χ1) is 29.8. The minimum atomic E-state index is -2.62. The maximum Gasteiger partial charge on any atom is 0.180 e. The molecule has 0 aliphatic carbocycles. The monoisotopic (exact) mass is 779 g/mol. The van der Waals surface area contributed by atoms with Crippen molar-refractivity contribution in [3.63, 3.8) is 0 Å². The van der Waals surface area contributed by atoms with E-state index in [4.69, 9.17) is 0 Å². The van der Waals surface area contributed by atoms with E-state index in [1.807, 2.05) is 0 Å². The fourth-order valence-electron chi connectivity index (χ4n) is 9.56. The van der Waals surface area contributed by atoms with E-state index in [0.717, 1.165) is 17.1 Å². The van der Waals surface area contributed by atoms with Crippen LogP contribution in [0.4, 0.5) is 17.1 Å². The lowest BCUT2D eigenvalue weighted by atomic mass is 9.95. The lowest BCUT2D eigenvalue weighted by molar-refractivity contribution is 1.28. The van der Waals surface area contributed by atoms with Crippen LogP contribution >= 0.6 is 0 Å². The number of rotatable bonds is 8. The Morgan fingerprint density at radius 2 is 0.667 bits per heavy atom. The van der Waals surface area contributed by atoms with Crippen molar-refractivity contribution >= 4 is 56.7 Å². The van der Waals surface area contributed by atoms with Gasteiger partial charge in [-0.1, -0.05) is 206 Å². The SMILES string of the molecule is c1ccc(-c2ccc(N(c3ccc(-c4ccccc4)cc3)c3ccc(-c4ccc5c(c4)-c4c(ccc6ccccc46)[Si]5(c4ccccc4)c4ccccc4)cc3)cc2)cc1. The molecule has 1 heterocycles. The summed E-state index contributed by atoms with van der Waals surface area (Å²) < 4.78 is 0. The van der Waals surface area contributed by atoms with Crippen molar-refractivity contribution in [2.24, 2.45) is 0 Å². The highest BCUT2D eigenvalue weighted by Gasteiger charge is 2.49. The average molecular weight is 780 g/mol. The molecule has 0 radical (unpaired) electrons. The van der Waals surface area contributed by atoms with Crippen LogP contribution in [0.25, 0.3) is 55.3 Å². The van der Waals surface area contributed by atoms with Gasteiger partial charge in [0.2, 0.25) is 0 Å². The van der Waals surface area contributed by atoms with Crippen LogP contribution in [0.3, 0.4) is 0 Å². The van der Waals surface area contributed by atoms with Gasteiger partial charge >= 0.3 is 0 Å². The van der Waals surface area contributed by atoms with Crippen LogP contribution in [0.2, 0.25) is 0 Å². The van der Waals surface area contributed by atoms with Crippen molar-refractivity contribution in [3.05, 3.63) is 249 Å². The molecule has 11 rings (SSSR count). The standard InChI is InChI=1S/C58H41NSi/c1-5-15-42(16-6-1)44-25-33-49(34-26-44)59(50-35-27-45(28-36-50)43-17-7-2-8-18-43)51-37-29-46(30-38-51)48-32-39-56-55(41-48)58-54-24-14-13-19-47(54)31-40-57(58)60(56,52-20-9-3-10-21-52)53-22-11-4-12-23-53/h1-41H. The van der Waals surface area contributed by atoms with E-state index in [2.05, 4.69) is 254 Å². The molecule has 282 valence electrons. The van der Waals surface area contributed by atoms with Crippen molar-refractivity contribution in [2.45, 2.75) is 0 Å². The summed E-state index contributed by atoms with van der Waals surface area (Å²) in [6.45, 7) is 0. The zero-order valence-corrected chi connectivity index (χ0v) is 34.1. The molecule has 0 spiro atoms. The van der Waals surface area contributed by atoms with Crippen LogP contribution in [0.5, 0.6) is 0 Å². The van der Waals surface area contributed by atoms with Crippen LogP contribution in [-0.2, 0) is 0 Å². The smallest absolute Gasteiger partial charge is 0.180 e. The molecule has 0 N–H and O–H groups in total. The van der Waals surface area contributed by atoms with Crippen molar-refractivity contribution in [1.82, 2.24) is 0 Å². The van der Waals surface area contributed by atoms with Gasteiger partial charge in [0.15, 0.2) is 8.07 Å². The highest BCUT2D eigenvalue weighted by atomic mass is 28.3. The molecular weight excluding hydrogens is 739 g/mol. The van der Waals surface area contributed by atoms with Crippen LogP contribution in [-0.4, -0.2) is 8.07 Å². The molecule has 1 nitrogen and oxygen atoms in total. The largest absolute Gasteiger partial charge is 0.311 e. The normalized spacial score (nSPS) is 12.5. The van der Waals surface area contributed by atoms with Gasteiger partial charge in [-0.3, -0.25) is 0 Å². The molecule has 0 amide bonds. The van der Waals surface area contributed by atoms with E-state index in [-0.39, 0.29) is 0 Å². The Bertz CT molecular complexity index is 2970. The lowest BCUT2D eigenvalue weighted by Gasteiger charge is -2.31. The number of anilines is 3. The molecule has 60 heavy (non-hydrogen) atoms. The Kier molecular flexibility index (Phi) is 8.91. The van der Waals surface area contributed by atoms with Crippen molar-refractivity contribution in [3.8, 4) is 44.5 Å². The second-order valence-corrected chi connectivity index (χ2v) is 19.4. The summed E-state index contributed by atoms with van der Waals surface area (Å²) in [6, 6.07) is 91.7. The van der Waals surface area contributed by atoms with Gasteiger partial charge in [-0.05, 0) is 118 Å². The zero-order valence-electron chi connectivity index (χ0n) is 33.1. The van der Waals surface area contributed by atoms with Gasteiger partial charge < -0.3 is 4.90 Å². The Hall–Kier alpha value is -7.52. The lowest BCUT2D eigenvalue weighted by Crippen LogP contribution is -2.72. The fraction of sp³-hybridized carbons (Fsp3) is 0. The molecule has 0 unspecified atom stereocenters. The molecule has 0 fully saturated rings. The van der Waals surface area contributed by atoms with Gasteiger partial charge in [-0.15, -0.1) is 0 Å². The second-order valence-electron chi connectivity index (χ2n) is 15.7. The van der Waals surface area contributed by atoms with Gasteiger partial charge in [0.05, 0.1) is 0 Å². The summed E-state index contributed by atoms with van der Waals surface area (Å²) >= 11 is 0. The van der Waals surface area contributed by atoms with E-state index in [0.29, 0.717) is 0 Å². The van der Waals surface area contributed by atoms with E-state index >= 15 is 0 Å². The molecule has 0 atom stereocenters. The minimum absolute atomic E-state index is 1.11. The summed E-state index contributed by atoms with van der Waals surface area (Å²) in [6.07, 6.45) is 0. The first kappa shape index (κ1) is 35.6. The summed E-state index contributed by atoms with van der Waals surface area (Å²) in [5.41, 5.74) is 13.3. The summed E-state index contributed by atoms with van der Waals surface area (Å²) in [7, 11) is -2.62. The van der Waals surface area contributed by atoms with E-state index in [1.54, 1.807) is 0 Å². The number of nitrogens with zero attached hydrogens (tertiary/aromatic N) is 1. The molecule has 2 heteroatoms. The predicted molar refractivity (Wildman–Crippen MR) is 258 cm³/mol. The number of hydrogen-bond donors (Lipinski definition) is 0. The van der Waals surface area contributed by atoms with Crippen LogP contribution in [0.1, 0.15) is 0 Å². The highest BCUT2D eigenvalue weighted by molar-refractivity contribution is 7.22. The molecule has 1 aliphatic heterocycles. The van der Waals surface area contributed by atoms with Crippen LogP contribution < -0.4 is 25.6 Å². The average Bonchev–Trinajstić information content (AvgIpc) is 3.64. The fourth-order valence-corrected chi connectivity index (χ4v) is 14.7. The molecule has 0 bridgehead atoms. The summed E-state index contributed by atoms with van der Waals surface area (Å²) in [5, 5.41) is 8.34. The predicted octanol–water partition coefficient (Wildman–Crippen LogP) is 12.7. The zero-order chi connectivity index (χ0) is 39.9. The quantitative estimate of drug-likeness (QED) is 0.139. The second kappa shape index (κ2) is 15.0. The van der Waals surface area contributed by atoms with Crippen molar-refractivity contribution < 1.29 is 0 Å². The topological polar surface area (TPSA) is 3.24 Å². The number of hydrogen-bond acceptors (Lipinski definition) is 1. The molecular formula is C58H41NSi. The Balaban J connectivity index is 1.03. The van der Waals surface area contributed by atoms with Gasteiger partial charge in [-0.25, -0.2) is 0 Å². The van der Waals surface area contributed by atoms with Gasteiger partial charge in [0.25, 0.3) is 0 Å². The Morgan fingerprint density at radius 1 is 0.283 bits per heavy atom. The molecule has 1 aliphatic rings. The molecule has 0 aromatic heterocycles. The third-order valence-corrected chi connectivity index (χ3v) is 17.2. The third-order valence-electron chi connectivity index (χ3n) is 12.4. The third kappa shape index (κ3) is 6.00. The summed E-state index contributed by atoms with van der Waals surface area (Å²) in [4.78, 5) is 2.36. The van der Waals surface area contributed by atoms with Crippen molar-refractivity contribution in [2.75, 3.05) is 4.90 Å². The molecule has 10 aromatic carbocycles. The molecule has 10 aromatic rings. The van der Waals surface area contributed by atoms with E-state index < -0.39 is 8.07 Å². The summed E-state index contributed by atoms with van der Waals surface area (Å²) in [5.74, 6) is 0. The van der Waals surface area contributed by atoms with Gasteiger partial charge in [0, 0.05) is 17.1 Å². The highest BCUT2D eigenvalue weighted by Crippen LogP contribution is 2.40. The van der Waals surface area contributed by atoms with E-state index in [1.165, 1.54) is 76.0 Å². The molecule has 0 saturated heterocycles. The Morgan fingerprint density at radius 3 is 1.17 bits per heavy atom. The van der Waals surface area contributed by atoms with Crippen LogP contribution in [0, 0.1) is 0 Å². The maximum absolute atomic E-state index is 2.62. The van der Waals surface area contributed by atoms with Crippen LogP contribution in [0.15, 0.2) is 249 Å². The maximum atomic E-state index is 2.47. The Labute approximate surface area is 353 Å². The van der Waals surface area contributed by atoms with E-state index in [9.17, 15) is 0 Å². The van der Waals surface area contributed by atoms with Crippen molar-refractivity contribution in [1.29, 1.82) is 0 Å². The molecule has 0 saturated carbocycles. The number of fused-ring (bicyclic) bond motifs is 5. The van der Waals surface area contributed by atoms with Gasteiger partial charge in [0.1, 0.15) is 0 Å². The van der Waals surface area contributed by atoms with Gasteiger partial charge in [-0.2, -0.15) is 0 Å². The first-order valence-corrected chi connectivity index (χ1v) is 22.8. The minimum Gasteiger partial charge on any atom is -0.311 e.